The molecule has 0 aliphatic carbocycles. The van der Waals surface area contributed by atoms with Gasteiger partial charge in [0.1, 0.15) is 5.82 Å². The number of benzene rings is 3. The van der Waals surface area contributed by atoms with E-state index in [2.05, 4.69) is 36.1 Å². The number of amidine groups is 1. The van der Waals surface area contributed by atoms with E-state index in [0.29, 0.717) is 5.56 Å². The lowest BCUT2D eigenvalue weighted by atomic mass is 10.1. The van der Waals surface area contributed by atoms with E-state index >= 15 is 0 Å². The second-order valence-electron chi connectivity index (χ2n) is 7.73. The number of nitrogens with zero attached hydrogens (tertiary/aromatic N) is 4. The zero-order valence-electron chi connectivity index (χ0n) is 18.5. The van der Waals surface area contributed by atoms with E-state index in [0.717, 1.165) is 10.0 Å². The number of hydrogen-bond acceptors (Lipinski definition) is 7. The number of aliphatic imine (C=N–C) groups is 2. The summed E-state index contributed by atoms with van der Waals surface area (Å²) in [5.74, 6) is -1.57. The van der Waals surface area contributed by atoms with Gasteiger partial charge in [0.25, 0.3) is 11.8 Å². The summed E-state index contributed by atoms with van der Waals surface area (Å²) in [6, 6.07) is 21.1. The zero-order chi connectivity index (χ0) is 25.1. The van der Waals surface area contributed by atoms with Crippen molar-refractivity contribution in [3.63, 3.8) is 0 Å². The lowest BCUT2D eigenvalue weighted by Crippen LogP contribution is -2.39. The molecule has 3 aromatic carbocycles. The molecule has 1 atom stereocenters. The Labute approximate surface area is 212 Å². The summed E-state index contributed by atoms with van der Waals surface area (Å²) in [7, 11) is 0. The standard InChI is InChI=1S/C26H16BrFN4O4/c27-18-10-8-16(9-11-18)23-29-21(22(24(33)30-23)36-26(34)17-4-2-1-3-5-17)25-32-31-20(35-25)14-15-6-12-19(28)13-7-15/h1-13,22H,14H2. The van der Waals surface area contributed by atoms with Crippen molar-refractivity contribution in [2.75, 3.05) is 0 Å². The third-order valence-corrected chi connectivity index (χ3v) is 5.74. The van der Waals surface area contributed by atoms with Gasteiger partial charge in [-0.3, -0.25) is 4.79 Å². The fourth-order valence-electron chi connectivity index (χ4n) is 3.43. The molecule has 1 aromatic heterocycles. The molecule has 5 rings (SSSR count). The van der Waals surface area contributed by atoms with Crippen molar-refractivity contribution in [3.8, 4) is 0 Å². The molecule has 0 bridgehead atoms. The molecule has 4 aromatic rings. The molecule has 8 nitrogen and oxygen atoms in total. The molecular weight excluding hydrogens is 531 g/mol. The zero-order valence-corrected chi connectivity index (χ0v) is 20.1. The van der Waals surface area contributed by atoms with E-state index in [1.165, 1.54) is 12.1 Å². The van der Waals surface area contributed by atoms with Crippen LogP contribution in [0.1, 0.15) is 33.3 Å². The van der Waals surface area contributed by atoms with Gasteiger partial charge in [-0.05, 0) is 42.0 Å². The fourth-order valence-corrected chi connectivity index (χ4v) is 3.69. The minimum Gasteiger partial charge on any atom is -0.442 e. The summed E-state index contributed by atoms with van der Waals surface area (Å²) < 4.78 is 25.3. The number of amides is 1. The van der Waals surface area contributed by atoms with Crippen molar-refractivity contribution in [1.82, 2.24) is 10.2 Å². The molecule has 178 valence electrons. The first kappa shape index (κ1) is 23.4. The van der Waals surface area contributed by atoms with Crippen molar-refractivity contribution in [2.45, 2.75) is 12.5 Å². The van der Waals surface area contributed by atoms with Crippen LogP contribution in [0.3, 0.4) is 0 Å². The molecule has 0 saturated heterocycles. The SMILES string of the molecule is O=C(OC1C(=O)N=C(c2ccc(Br)cc2)N=C1c1nnc(Cc2ccc(F)cc2)o1)c1ccccc1. The molecule has 1 aliphatic heterocycles. The highest BCUT2D eigenvalue weighted by molar-refractivity contribution is 9.10. The number of carbonyl (C=O) groups excluding carboxylic acids is 2. The van der Waals surface area contributed by atoms with Gasteiger partial charge in [0.05, 0.1) is 12.0 Å². The Morgan fingerprint density at radius 3 is 2.39 bits per heavy atom. The smallest absolute Gasteiger partial charge is 0.339 e. The summed E-state index contributed by atoms with van der Waals surface area (Å²) >= 11 is 3.37. The Hall–Kier alpha value is -4.31. The van der Waals surface area contributed by atoms with Gasteiger partial charge in [-0.25, -0.2) is 14.2 Å². The topological polar surface area (TPSA) is 107 Å². The molecule has 0 spiro atoms. The number of ether oxygens (including phenoxy) is 1. The number of esters is 1. The predicted octanol–water partition coefficient (Wildman–Crippen LogP) is 4.56. The molecule has 1 amide bonds. The molecular formula is C26H16BrFN4O4. The fraction of sp³-hybridized carbons (Fsp3) is 0.0769. The second-order valence-corrected chi connectivity index (χ2v) is 8.65. The predicted molar refractivity (Wildman–Crippen MR) is 131 cm³/mol. The van der Waals surface area contributed by atoms with Gasteiger partial charge < -0.3 is 9.15 Å². The number of rotatable bonds is 6. The summed E-state index contributed by atoms with van der Waals surface area (Å²) in [4.78, 5) is 34.3. The van der Waals surface area contributed by atoms with Crippen LogP contribution < -0.4 is 0 Å². The average molecular weight is 547 g/mol. The van der Waals surface area contributed by atoms with Crippen LogP contribution in [0.4, 0.5) is 4.39 Å². The lowest BCUT2D eigenvalue weighted by Gasteiger charge is -2.19. The van der Waals surface area contributed by atoms with E-state index in [4.69, 9.17) is 9.15 Å². The van der Waals surface area contributed by atoms with Crippen molar-refractivity contribution in [2.24, 2.45) is 9.98 Å². The van der Waals surface area contributed by atoms with E-state index in [-0.39, 0.29) is 41.1 Å². The first-order valence-electron chi connectivity index (χ1n) is 10.8. The van der Waals surface area contributed by atoms with Gasteiger partial charge in [-0.1, -0.05) is 58.4 Å². The van der Waals surface area contributed by atoms with Gasteiger partial charge in [0, 0.05) is 10.0 Å². The second kappa shape index (κ2) is 10.1. The average Bonchev–Trinajstić information content (AvgIpc) is 3.35. The minimum absolute atomic E-state index is 0.0324. The van der Waals surface area contributed by atoms with Crippen LogP contribution in [0.15, 0.2) is 97.7 Å². The maximum absolute atomic E-state index is 13.2. The molecule has 1 unspecified atom stereocenters. The number of hydrogen-bond donors (Lipinski definition) is 0. The lowest BCUT2D eigenvalue weighted by molar-refractivity contribution is -0.123. The molecule has 2 heterocycles. The summed E-state index contributed by atoms with van der Waals surface area (Å²) in [5.41, 5.74) is 1.55. The van der Waals surface area contributed by atoms with Gasteiger partial charge in [0.2, 0.25) is 12.0 Å². The molecule has 0 radical (unpaired) electrons. The summed E-state index contributed by atoms with van der Waals surface area (Å²) in [6.45, 7) is 0. The Morgan fingerprint density at radius 2 is 1.67 bits per heavy atom. The first-order chi connectivity index (χ1) is 17.5. The van der Waals surface area contributed by atoms with E-state index in [1.54, 1.807) is 66.7 Å². The summed E-state index contributed by atoms with van der Waals surface area (Å²) in [5, 5.41) is 8.06. The van der Waals surface area contributed by atoms with Crippen LogP contribution in [-0.4, -0.2) is 39.7 Å². The van der Waals surface area contributed by atoms with Crippen LogP contribution in [-0.2, 0) is 16.0 Å². The maximum Gasteiger partial charge on any atom is 0.339 e. The van der Waals surface area contributed by atoms with Crippen LogP contribution in [0, 0.1) is 5.82 Å². The quantitative estimate of drug-likeness (QED) is 0.328. The van der Waals surface area contributed by atoms with Gasteiger partial charge in [-0.15, -0.1) is 10.2 Å². The van der Waals surface area contributed by atoms with Crippen LogP contribution in [0.5, 0.6) is 0 Å². The summed E-state index contributed by atoms with van der Waals surface area (Å²) in [6.07, 6.45) is -1.24. The highest BCUT2D eigenvalue weighted by Gasteiger charge is 2.37. The highest BCUT2D eigenvalue weighted by Crippen LogP contribution is 2.20. The highest BCUT2D eigenvalue weighted by atomic mass is 79.9. The van der Waals surface area contributed by atoms with Crippen LogP contribution in [0.2, 0.25) is 0 Å². The van der Waals surface area contributed by atoms with Crippen LogP contribution in [0.25, 0.3) is 0 Å². The van der Waals surface area contributed by atoms with Crippen molar-refractivity contribution in [1.29, 1.82) is 0 Å². The Bertz CT molecular complexity index is 1480. The largest absolute Gasteiger partial charge is 0.442 e. The maximum atomic E-state index is 13.2. The van der Waals surface area contributed by atoms with Crippen LogP contribution >= 0.6 is 15.9 Å². The Balaban J connectivity index is 1.48. The van der Waals surface area contributed by atoms with E-state index in [1.807, 2.05) is 0 Å². The van der Waals surface area contributed by atoms with Gasteiger partial charge >= 0.3 is 5.97 Å². The Morgan fingerprint density at radius 1 is 0.944 bits per heavy atom. The molecule has 10 heteroatoms. The molecule has 0 N–H and O–H groups in total. The Kier molecular flexibility index (Phi) is 6.59. The minimum atomic E-state index is -1.48. The molecule has 0 fully saturated rings. The molecule has 0 saturated carbocycles. The van der Waals surface area contributed by atoms with Crippen molar-refractivity contribution < 1.29 is 23.1 Å². The third kappa shape index (κ3) is 5.18. The normalized spacial score (nSPS) is 15.3. The molecule has 1 aliphatic rings. The third-order valence-electron chi connectivity index (χ3n) is 5.21. The van der Waals surface area contributed by atoms with Crippen molar-refractivity contribution in [3.05, 3.63) is 118 Å². The number of aromatic nitrogens is 2. The van der Waals surface area contributed by atoms with E-state index in [9.17, 15) is 14.0 Å². The monoisotopic (exact) mass is 546 g/mol. The first-order valence-corrected chi connectivity index (χ1v) is 11.6. The van der Waals surface area contributed by atoms with Crippen molar-refractivity contribution >= 4 is 39.4 Å². The number of halogens is 2. The van der Waals surface area contributed by atoms with Gasteiger partial charge in [-0.2, -0.15) is 4.99 Å². The molecule has 36 heavy (non-hydrogen) atoms. The van der Waals surface area contributed by atoms with Gasteiger partial charge in [0.15, 0.2) is 11.5 Å². The van der Waals surface area contributed by atoms with E-state index < -0.39 is 18.0 Å². The number of carbonyl (C=O) groups is 2.